The Morgan fingerprint density at radius 2 is 2.47 bits per heavy atom. The van der Waals surface area contributed by atoms with Crippen molar-refractivity contribution in [2.75, 3.05) is 6.54 Å². The van der Waals surface area contributed by atoms with E-state index in [-0.39, 0.29) is 24.0 Å². The van der Waals surface area contributed by atoms with Crippen molar-refractivity contribution < 1.29 is 14.7 Å². The van der Waals surface area contributed by atoms with Crippen LogP contribution < -0.4 is 10.6 Å². The van der Waals surface area contributed by atoms with Gasteiger partial charge in [0.25, 0.3) is 0 Å². The molecule has 0 aromatic carbocycles. The molecule has 86 valence electrons. The lowest BCUT2D eigenvalue weighted by molar-refractivity contribution is -0.125. The summed E-state index contributed by atoms with van der Waals surface area (Å²) in [5.74, 6) is -0.175. The molecule has 5 nitrogen and oxygen atoms in total. The van der Waals surface area contributed by atoms with Crippen LogP contribution in [0.15, 0.2) is 0 Å². The Morgan fingerprint density at radius 1 is 1.73 bits per heavy atom. The van der Waals surface area contributed by atoms with E-state index in [2.05, 4.69) is 10.6 Å². The predicted octanol–water partition coefficient (Wildman–Crippen LogP) is -0.458. The van der Waals surface area contributed by atoms with Crippen LogP contribution in [0.5, 0.6) is 0 Å². The Bertz CT molecular complexity index is 241. The molecule has 5 heteroatoms. The lowest BCUT2D eigenvalue weighted by atomic mass is 10.2. The number of hydrogen-bond donors (Lipinski definition) is 3. The van der Waals surface area contributed by atoms with Gasteiger partial charge >= 0.3 is 0 Å². The first-order chi connectivity index (χ1) is 7.09. The lowest BCUT2D eigenvalue weighted by Crippen LogP contribution is -2.41. The van der Waals surface area contributed by atoms with Gasteiger partial charge in [-0.05, 0) is 26.2 Å². The minimum Gasteiger partial charge on any atom is -0.393 e. The van der Waals surface area contributed by atoms with Crippen molar-refractivity contribution in [3.05, 3.63) is 0 Å². The van der Waals surface area contributed by atoms with E-state index < -0.39 is 0 Å². The van der Waals surface area contributed by atoms with Gasteiger partial charge < -0.3 is 15.7 Å². The summed E-state index contributed by atoms with van der Waals surface area (Å²) < 4.78 is 0. The van der Waals surface area contributed by atoms with Crippen molar-refractivity contribution >= 4 is 11.8 Å². The maximum Gasteiger partial charge on any atom is 0.242 e. The number of hydrogen-bond acceptors (Lipinski definition) is 3. The summed E-state index contributed by atoms with van der Waals surface area (Å²) in [4.78, 5) is 22.3. The standard InChI is InChI=1S/C10H18N2O3/c1-7(13)3-2-6-11-10(15)8-4-5-9(14)12-8/h7-8,13H,2-6H2,1H3,(H,11,15)(H,12,14)/t7?,8-/m1/s1. The molecule has 0 saturated carbocycles. The second kappa shape index (κ2) is 5.70. The van der Waals surface area contributed by atoms with E-state index in [9.17, 15) is 9.59 Å². The zero-order valence-electron chi connectivity index (χ0n) is 8.95. The quantitative estimate of drug-likeness (QED) is 0.542. The largest absolute Gasteiger partial charge is 0.393 e. The first-order valence-electron chi connectivity index (χ1n) is 5.34. The first-order valence-corrected chi connectivity index (χ1v) is 5.34. The molecule has 1 aliphatic heterocycles. The third kappa shape index (κ3) is 4.29. The van der Waals surface area contributed by atoms with Gasteiger partial charge in [-0.15, -0.1) is 0 Å². The molecule has 0 spiro atoms. The number of rotatable bonds is 5. The molecule has 0 bridgehead atoms. The number of nitrogens with one attached hydrogen (secondary N) is 2. The molecular weight excluding hydrogens is 196 g/mol. The van der Waals surface area contributed by atoms with Crippen molar-refractivity contribution in [2.24, 2.45) is 0 Å². The van der Waals surface area contributed by atoms with E-state index in [1.807, 2.05) is 0 Å². The molecule has 1 unspecified atom stereocenters. The second-order valence-corrected chi connectivity index (χ2v) is 3.94. The van der Waals surface area contributed by atoms with Gasteiger partial charge in [-0.3, -0.25) is 9.59 Å². The molecule has 0 aliphatic carbocycles. The highest BCUT2D eigenvalue weighted by Gasteiger charge is 2.26. The Morgan fingerprint density at radius 3 is 3.00 bits per heavy atom. The Hall–Kier alpha value is -1.10. The molecule has 0 aromatic rings. The van der Waals surface area contributed by atoms with Gasteiger partial charge in [-0.25, -0.2) is 0 Å². The summed E-state index contributed by atoms with van der Waals surface area (Å²) in [5, 5.41) is 14.3. The normalized spacial score (nSPS) is 22.3. The SMILES string of the molecule is CC(O)CCCNC(=O)[C@H]1CCC(=O)N1. The average Bonchev–Trinajstić information content (AvgIpc) is 2.59. The van der Waals surface area contributed by atoms with Gasteiger partial charge in [-0.2, -0.15) is 0 Å². The average molecular weight is 214 g/mol. The minimum absolute atomic E-state index is 0.0564. The van der Waals surface area contributed by atoms with Crippen molar-refractivity contribution in [3.63, 3.8) is 0 Å². The Labute approximate surface area is 89.2 Å². The first kappa shape index (κ1) is 12.0. The molecule has 3 N–H and O–H groups in total. The number of aliphatic hydroxyl groups is 1. The number of aliphatic hydroxyl groups excluding tert-OH is 1. The summed E-state index contributed by atoms with van der Waals surface area (Å²) in [6.07, 6.45) is 2.13. The maximum atomic E-state index is 11.4. The fourth-order valence-electron chi connectivity index (χ4n) is 1.54. The van der Waals surface area contributed by atoms with Gasteiger partial charge in [0.05, 0.1) is 6.10 Å². The molecule has 1 fully saturated rings. The zero-order valence-corrected chi connectivity index (χ0v) is 8.95. The summed E-state index contributed by atoms with van der Waals surface area (Å²) in [6.45, 7) is 2.27. The molecular formula is C10H18N2O3. The minimum atomic E-state index is -0.357. The van der Waals surface area contributed by atoms with Crippen LogP contribution in [0.2, 0.25) is 0 Å². The van der Waals surface area contributed by atoms with Crippen LogP contribution >= 0.6 is 0 Å². The van der Waals surface area contributed by atoms with Crippen LogP contribution in [0.1, 0.15) is 32.6 Å². The van der Waals surface area contributed by atoms with Crippen LogP contribution in [-0.2, 0) is 9.59 Å². The van der Waals surface area contributed by atoms with Crippen molar-refractivity contribution in [3.8, 4) is 0 Å². The second-order valence-electron chi connectivity index (χ2n) is 3.94. The Kier molecular flexibility index (Phi) is 4.55. The zero-order chi connectivity index (χ0) is 11.3. The molecule has 1 rings (SSSR count). The van der Waals surface area contributed by atoms with Crippen LogP contribution in [-0.4, -0.2) is 35.6 Å². The van der Waals surface area contributed by atoms with E-state index in [1.165, 1.54) is 0 Å². The fourth-order valence-corrected chi connectivity index (χ4v) is 1.54. The highest BCUT2D eigenvalue weighted by molar-refractivity contribution is 5.90. The topological polar surface area (TPSA) is 78.4 Å². The smallest absolute Gasteiger partial charge is 0.242 e. The molecule has 0 aromatic heterocycles. The van der Waals surface area contributed by atoms with Gasteiger partial charge in [0, 0.05) is 13.0 Å². The van der Waals surface area contributed by atoms with Crippen molar-refractivity contribution in [2.45, 2.75) is 44.8 Å². The molecule has 0 radical (unpaired) electrons. The molecule has 2 atom stereocenters. The van der Waals surface area contributed by atoms with E-state index in [4.69, 9.17) is 5.11 Å². The van der Waals surface area contributed by atoms with Gasteiger partial charge in [-0.1, -0.05) is 0 Å². The highest BCUT2D eigenvalue weighted by Crippen LogP contribution is 2.06. The monoisotopic (exact) mass is 214 g/mol. The lowest BCUT2D eigenvalue weighted by Gasteiger charge is -2.11. The third-order valence-electron chi connectivity index (χ3n) is 2.41. The number of amides is 2. The summed E-state index contributed by atoms with van der Waals surface area (Å²) >= 11 is 0. The van der Waals surface area contributed by atoms with E-state index >= 15 is 0 Å². The van der Waals surface area contributed by atoms with Crippen molar-refractivity contribution in [1.82, 2.24) is 10.6 Å². The van der Waals surface area contributed by atoms with E-state index in [1.54, 1.807) is 6.92 Å². The third-order valence-corrected chi connectivity index (χ3v) is 2.41. The highest BCUT2D eigenvalue weighted by atomic mass is 16.3. The fraction of sp³-hybridized carbons (Fsp3) is 0.800. The van der Waals surface area contributed by atoms with Gasteiger partial charge in [0.15, 0.2) is 0 Å². The van der Waals surface area contributed by atoms with Crippen LogP contribution in [0.25, 0.3) is 0 Å². The maximum absolute atomic E-state index is 11.4. The van der Waals surface area contributed by atoms with Crippen LogP contribution in [0.3, 0.4) is 0 Å². The summed E-state index contributed by atoms with van der Waals surface area (Å²) in [6, 6.07) is -0.357. The van der Waals surface area contributed by atoms with Gasteiger partial charge in [0.1, 0.15) is 6.04 Å². The summed E-state index contributed by atoms with van der Waals surface area (Å²) in [5.41, 5.74) is 0. The van der Waals surface area contributed by atoms with Crippen molar-refractivity contribution in [1.29, 1.82) is 0 Å². The van der Waals surface area contributed by atoms with Gasteiger partial charge in [0.2, 0.25) is 11.8 Å². The van der Waals surface area contributed by atoms with E-state index in [0.29, 0.717) is 25.8 Å². The molecule has 15 heavy (non-hydrogen) atoms. The molecule has 2 amide bonds. The molecule has 1 saturated heterocycles. The van der Waals surface area contributed by atoms with E-state index in [0.717, 1.165) is 6.42 Å². The number of carbonyl (C=O) groups excluding carboxylic acids is 2. The van der Waals surface area contributed by atoms with Crippen LogP contribution in [0, 0.1) is 0 Å². The number of carbonyl (C=O) groups is 2. The molecule has 1 aliphatic rings. The molecule has 1 heterocycles. The van der Waals surface area contributed by atoms with Crippen LogP contribution in [0.4, 0.5) is 0 Å². The Balaban J connectivity index is 2.11. The predicted molar refractivity (Wildman–Crippen MR) is 55.1 cm³/mol. The summed E-state index contributed by atoms with van der Waals surface area (Å²) in [7, 11) is 0.